The summed E-state index contributed by atoms with van der Waals surface area (Å²) in [4.78, 5) is 36.5. The Hall–Kier alpha value is -2.64. The highest BCUT2D eigenvalue weighted by Gasteiger charge is 2.36. The summed E-state index contributed by atoms with van der Waals surface area (Å²) >= 11 is 0. The average Bonchev–Trinajstić information content (AvgIpc) is 2.49. The van der Waals surface area contributed by atoms with Gasteiger partial charge in [0.1, 0.15) is 17.5 Å². The Bertz CT molecular complexity index is 769. The largest absolute Gasteiger partial charge is 0.444 e. The number of anilines is 1. The van der Waals surface area contributed by atoms with E-state index < -0.39 is 23.6 Å². The third-order valence-electron chi connectivity index (χ3n) is 4.55. The normalized spacial score (nSPS) is 20.7. The van der Waals surface area contributed by atoms with Gasteiger partial charge in [-0.25, -0.2) is 9.18 Å². The number of carbonyl (C=O) groups is 3. The van der Waals surface area contributed by atoms with Crippen molar-refractivity contribution in [2.75, 3.05) is 18.4 Å². The molecule has 0 aromatic heterocycles. The molecule has 0 saturated carbocycles. The van der Waals surface area contributed by atoms with Crippen molar-refractivity contribution < 1.29 is 23.5 Å². The van der Waals surface area contributed by atoms with Crippen molar-refractivity contribution in [1.82, 2.24) is 10.2 Å². The van der Waals surface area contributed by atoms with Crippen LogP contribution in [0.5, 0.6) is 0 Å². The molecule has 8 heteroatoms. The molecule has 2 aliphatic heterocycles. The first-order valence-corrected chi connectivity index (χ1v) is 9.00. The van der Waals surface area contributed by atoms with Gasteiger partial charge < -0.3 is 15.0 Å². The van der Waals surface area contributed by atoms with Crippen molar-refractivity contribution in [3.63, 3.8) is 0 Å². The lowest BCUT2D eigenvalue weighted by Gasteiger charge is -2.40. The summed E-state index contributed by atoms with van der Waals surface area (Å²) in [6.07, 6.45) is 0.240. The molecule has 1 aromatic carbocycles. The number of halogens is 1. The molecule has 3 amide bonds. The van der Waals surface area contributed by atoms with Gasteiger partial charge in [0.25, 0.3) is 0 Å². The minimum Gasteiger partial charge on any atom is -0.444 e. The first-order valence-electron chi connectivity index (χ1n) is 9.00. The molecule has 2 fully saturated rings. The smallest absolute Gasteiger partial charge is 0.410 e. The lowest BCUT2D eigenvalue weighted by atomic mass is 9.91. The molecule has 146 valence electrons. The van der Waals surface area contributed by atoms with Crippen LogP contribution in [0, 0.1) is 5.82 Å². The van der Waals surface area contributed by atoms with Crippen LogP contribution in [0.15, 0.2) is 18.2 Å². The number of imide groups is 1. The van der Waals surface area contributed by atoms with E-state index in [4.69, 9.17) is 4.74 Å². The number of benzene rings is 1. The fourth-order valence-corrected chi connectivity index (χ4v) is 3.13. The average molecular weight is 377 g/mol. The summed E-state index contributed by atoms with van der Waals surface area (Å²) in [6, 6.07) is 4.16. The Labute approximate surface area is 157 Å². The zero-order valence-corrected chi connectivity index (χ0v) is 15.7. The van der Waals surface area contributed by atoms with Crippen LogP contribution >= 0.6 is 0 Å². The second-order valence-electron chi connectivity index (χ2n) is 7.97. The highest BCUT2D eigenvalue weighted by molar-refractivity contribution is 6.01. The zero-order valence-electron chi connectivity index (χ0n) is 15.7. The predicted molar refractivity (Wildman–Crippen MR) is 96.7 cm³/mol. The van der Waals surface area contributed by atoms with E-state index in [1.165, 1.54) is 6.07 Å². The number of rotatable bonds is 3. The Balaban J connectivity index is 1.57. The summed E-state index contributed by atoms with van der Waals surface area (Å²) in [7, 11) is 0. The molecular formula is C19H24FN3O4. The van der Waals surface area contributed by atoms with Crippen molar-refractivity contribution in [2.24, 2.45) is 0 Å². The van der Waals surface area contributed by atoms with Gasteiger partial charge >= 0.3 is 6.09 Å². The van der Waals surface area contributed by atoms with Crippen LogP contribution in [0.25, 0.3) is 0 Å². The summed E-state index contributed by atoms with van der Waals surface area (Å²) in [6.45, 7) is 6.22. The van der Waals surface area contributed by atoms with Crippen molar-refractivity contribution in [3.8, 4) is 0 Å². The number of nitrogens with zero attached hydrogens (tertiary/aromatic N) is 1. The van der Waals surface area contributed by atoms with Crippen LogP contribution in [-0.4, -0.2) is 47.5 Å². The van der Waals surface area contributed by atoms with Crippen molar-refractivity contribution in [3.05, 3.63) is 29.6 Å². The number of hydrogen-bond donors (Lipinski definition) is 2. The first kappa shape index (κ1) is 19.1. The number of carbonyl (C=O) groups excluding carboxylic acids is 3. The number of hydrogen-bond acceptors (Lipinski definition) is 5. The number of likely N-dealkylation sites (tertiary alicyclic amines) is 1. The molecule has 2 N–H and O–H groups in total. The molecule has 27 heavy (non-hydrogen) atoms. The lowest BCUT2D eigenvalue weighted by Crippen LogP contribution is -2.50. The van der Waals surface area contributed by atoms with Gasteiger partial charge in [0.05, 0.1) is 0 Å². The summed E-state index contributed by atoms with van der Waals surface area (Å²) in [5.74, 6) is -1.16. The lowest BCUT2D eigenvalue weighted by molar-refractivity contribution is -0.133. The molecule has 7 nitrogen and oxygen atoms in total. The maximum atomic E-state index is 14.5. The number of piperidine rings is 1. The molecule has 0 bridgehead atoms. The molecule has 1 atom stereocenters. The van der Waals surface area contributed by atoms with E-state index in [9.17, 15) is 18.8 Å². The fraction of sp³-hybridized carbons (Fsp3) is 0.526. The maximum Gasteiger partial charge on any atom is 0.410 e. The minimum atomic E-state index is -0.559. The van der Waals surface area contributed by atoms with E-state index >= 15 is 0 Å². The van der Waals surface area contributed by atoms with Gasteiger partial charge in [-0.1, -0.05) is 6.07 Å². The third kappa shape index (κ3) is 4.56. The highest BCUT2D eigenvalue weighted by Crippen LogP contribution is 2.31. The van der Waals surface area contributed by atoms with E-state index in [0.717, 1.165) is 0 Å². The SMILES string of the molecule is CC(C)(C)OC(=O)N1CC(c2ccc(NC3CCC(=O)NC3=O)cc2F)C1. The Morgan fingerprint density at radius 3 is 2.59 bits per heavy atom. The second-order valence-corrected chi connectivity index (χ2v) is 7.97. The predicted octanol–water partition coefficient (Wildman–Crippen LogP) is 2.38. The van der Waals surface area contributed by atoms with Crippen LogP contribution in [0.1, 0.15) is 45.1 Å². The molecule has 3 rings (SSSR count). The highest BCUT2D eigenvalue weighted by atomic mass is 19.1. The van der Waals surface area contributed by atoms with Crippen LogP contribution < -0.4 is 10.6 Å². The quantitative estimate of drug-likeness (QED) is 0.790. The van der Waals surface area contributed by atoms with Crippen LogP contribution in [0.2, 0.25) is 0 Å². The Morgan fingerprint density at radius 1 is 1.30 bits per heavy atom. The van der Waals surface area contributed by atoms with E-state index in [1.807, 2.05) is 0 Å². The monoisotopic (exact) mass is 377 g/mol. The molecule has 1 aromatic rings. The Morgan fingerprint density at radius 2 is 2.00 bits per heavy atom. The number of amides is 3. The van der Waals surface area contributed by atoms with Crippen LogP contribution in [0.3, 0.4) is 0 Å². The third-order valence-corrected chi connectivity index (χ3v) is 4.55. The molecule has 0 radical (unpaired) electrons. The topological polar surface area (TPSA) is 87.7 Å². The van der Waals surface area contributed by atoms with Crippen molar-refractivity contribution in [2.45, 2.75) is 51.2 Å². The Kier molecular flexibility index (Phi) is 5.08. The van der Waals surface area contributed by atoms with E-state index in [1.54, 1.807) is 37.8 Å². The van der Waals surface area contributed by atoms with Gasteiger partial charge in [-0.05, 0) is 44.9 Å². The molecule has 2 heterocycles. The minimum absolute atomic E-state index is 0.0813. The van der Waals surface area contributed by atoms with Gasteiger partial charge in [0, 0.05) is 31.1 Å². The molecule has 2 aliphatic rings. The van der Waals surface area contributed by atoms with Crippen molar-refractivity contribution >= 4 is 23.6 Å². The van der Waals surface area contributed by atoms with Crippen LogP contribution in [0.4, 0.5) is 14.9 Å². The number of nitrogens with one attached hydrogen (secondary N) is 2. The van der Waals surface area contributed by atoms with Gasteiger partial charge in [-0.15, -0.1) is 0 Å². The van der Waals surface area contributed by atoms with Gasteiger partial charge in [-0.3, -0.25) is 14.9 Å². The van der Waals surface area contributed by atoms with Gasteiger partial charge in [-0.2, -0.15) is 0 Å². The summed E-state index contributed by atoms with van der Waals surface area (Å²) < 4.78 is 19.8. The maximum absolute atomic E-state index is 14.5. The van der Waals surface area contributed by atoms with E-state index in [0.29, 0.717) is 30.8 Å². The van der Waals surface area contributed by atoms with Gasteiger partial charge in [0.15, 0.2) is 0 Å². The molecule has 0 aliphatic carbocycles. The fourth-order valence-electron chi connectivity index (χ4n) is 3.13. The summed E-state index contributed by atoms with van der Waals surface area (Å²) in [5.41, 5.74) is 0.453. The standard InChI is InChI=1S/C19H24FN3O4/c1-19(2,3)27-18(26)23-9-11(10-23)13-5-4-12(8-14(13)20)21-15-6-7-16(24)22-17(15)25/h4-5,8,11,15,21H,6-7,9-10H2,1-3H3,(H,22,24,25). The zero-order chi connectivity index (χ0) is 19.8. The van der Waals surface area contributed by atoms with Crippen LogP contribution in [-0.2, 0) is 14.3 Å². The molecule has 2 saturated heterocycles. The molecule has 0 spiro atoms. The summed E-state index contributed by atoms with van der Waals surface area (Å²) in [5, 5.41) is 5.22. The molecular weight excluding hydrogens is 353 g/mol. The van der Waals surface area contributed by atoms with E-state index in [2.05, 4.69) is 10.6 Å². The molecule has 1 unspecified atom stereocenters. The second kappa shape index (κ2) is 7.17. The van der Waals surface area contributed by atoms with E-state index in [-0.39, 0.29) is 24.1 Å². The first-order chi connectivity index (χ1) is 12.6. The number of ether oxygens (including phenoxy) is 1. The van der Waals surface area contributed by atoms with Crippen molar-refractivity contribution in [1.29, 1.82) is 0 Å². The van der Waals surface area contributed by atoms with Gasteiger partial charge in [0.2, 0.25) is 11.8 Å².